The van der Waals surface area contributed by atoms with Crippen molar-refractivity contribution in [2.24, 2.45) is 0 Å². The molecule has 1 aliphatic heterocycles. The summed E-state index contributed by atoms with van der Waals surface area (Å²) in [5.74, 6) is -5.67. The van der Waals surface area contributed by atoms with Crippen molar-refractivity contribution < 1.29 is 80.2 Å². The number of nitrogen functional groups attached to an aromatic ring is 1. The Bertz CT molecular complexity index is 3170. The lowest BCUT2D eigenvalue weighted by molar-refractivity contribution is -0.131. The fourth-order valence-electron chi connectivity index (χ4n) is 8.59. The summed E-state index contributed by atoms with van der Waals surface area (Å²) in [6.07, 6.45) is 6.26. The van der Waals surface area contributed by atoms with Crippen molar-refractivity contribution in [1.82, 2.24) is 46.1 Å². The van der Waals surface area contributed by atoms with Gasteiger partial charge in [0.2, 0.25) is 29.5 Å². The second-order valence-corrected chi connectivity index (χ2v) is 22.7. The van der Waals surface area contributed by atoms with Gasteiger partial charge in [-0.15, -0.1) is 0 Å². The molecule has 0 spiro atoms. The second kappa shape index (κ2) is 40.1. The number of nitrogens with two attached hydrogens (primary N) is 1. The molecule has 5 heterocycles. The molecule has 1 fully saturated rings. The number of nitrogens with zero attached hydrogens (tertiary/aromatic N) is 6. The number of fused-ring (bicyclic) bond motifs is 1. The molecule has 0 radical (unpaired) electrons. The number of pyridine rings is 4. The number of unbranched alkanes of at least 4 members (excludes halogenated alkanes) is 1. The van der Waals surface area contributed by atoms with Crippen LogP contribution in [-0.4, -0.2) is 203 Å². The number of aromatic nitrogens is 4. The summed E-state index contributed by atoms with van der Waals surface area (Å²) in [7, 11) is 4.03. The van der Waals surface area contributed by atoms with E-state index in [0.29, 0.717) is 82.5 Å². The van der Waals surface area contributed by atoms with E-state index in [1.165, 1.54) is 47.0 Å². The van der Waals surface area contributed by atoms with Crippen molar-refractivity contribution in [3.8, 4) is 34.2 Å². The van der Waals surface area contributed by atoms with E-state index in [1.807, 2.05) is 30.3 Å². The first-order valence-corrected chi connectivity index (χ1v) is 31.9. The Morgan fingerprint density at radius 3 is 2.07 bits per heavy atom. The second-order valence-electron chi connectivity index (χ2n) is 20.1. The number of alkyl halides is 2. The number of carbonyl (C=O) groups excluding carboxylic acids is 6. The summed E-state index contributed by atoms with van der Waals surface area (Å²) in [6.45, 7) is 5.39. The van der Waals surface area contributed by atoms with Crippen LogP contribution in [0.25, 0.3) is 33.2 Å². The molecule has 1 saturated heterocycles. The highest BCUT2D eigenvalue weighted by Gasteiger charge is 2.47. The standard InChI is InChI=1S/C61H77F2N11O15S2/c1-3-4-16-82-18-20-84-22-24-86-26-27-87-25-23-85-21-19-83-17-15-68-58(79)53(73-55(76)10-9-54(75)70-37-47-30-43(11-13-66-47)57(78)71-38-56(77)74-41-61(62,63)33-48(74)34-64)40-91-90-29-28-88-60(80)89-39-46-7-5-44(35-69-46)49-12-14-67-52-8-6-42(31-50(49)52)45-32-51(65)59(81-2)72-36-45/h5-8,11-14,30-32,35-36,48,53H,3-4,9-10,15-29,33,37-41,65H2,1-2H3,(H,68,79)(H,70,75)(H,71,78)(H,73,76)/t48-,53?/m0/s1. The van der Waals surface area contributed by atoms with Gasteiger partial charge in [-0.05, 0) is 60.0 Å². The fourth-order valence-corrected chi connectivity index (χ4v) is 10.6. The predicted octanol–water partition coefficient (Wildman–Crippen LogP) is 5.47. The molecule has 1 aromatic carbocycles. The molecule has 6 N–H and O–H groups in total. The SMILES string of the molecule is CCCCOCCOCCOCCOCCOCCOCCNC(=O)C(CSSCCOC(=O)OCc1ccc(-c2ccnc3ccc(-c4cnc(OC)c(N)c4)cc23)cn1)NC(=O)CCC(=O)NCc1cc(C(=O)NCC(=O)N2CC(F)(F)C[C@H]2C#N)ccn1. The van der Waals surface area contributed by atoms with Crippen LogP contribution in [-0.2, 0) is 70.2 Å². The van der Waals surface area contributed by atoms with Gasteiger partial charge in [0.05, 0.1) is 128 Å². The number of ether oxygens (including phenoxy) is 9. The van der Waals surface area contributed by atoms with Crippen molar-refractivity contribution in [2.75, 3.05) is 130 Å². The van der Waals surface area contributed by atoms with Gasteiger partial charge in [-0.25, -0.2) is 18.6 Å². The minimum absolute atomic E-state index is 0.0314. The van der Waals surface area contributed by atoms with E-state index in [2.05, 4.69) is 48.1 Å². The topological polar surface area (TPSA) is 338 Å². The van der Waals surface area contributed by atoms with E-state index >= 15 is 0 Å². The van der Waals surface area contributed by atoms with Gasteiger partial charge >= 0.3 is 6.16 Å². The van der Waals surface area contributed by atoms with Gasteiger partial charge in [-0.2, -0.15) is 5.26 Å². The fraction of sp³-hybridized carbons (Fsp3) is 0.492. The summed E-state index contributed by atoms with van der Waals surface area (Å²) >= 11 is 0. The van der Waals surface area contributed by atoms with Crippen LogP contribution in [0, 0.1) is 11.3 Å². The van der Waals surface area contributed by atoms with Crippen LogP contribution in [0.15, 0.2) is 79.4 Å². The lowest BCUT2D eigenvalue weighted by atomic mass is 9.98. The minimum Gasteiger partial charge on any atom is -0.480 e. The molecule has 492 valence electrons. The zero-order valence-corrected chi connectivity index (χ0v) is 52.4. The van der Waals surface area contributed by atoms with Crippen molar-refractivity contribution in [1.29, 1.82) is 5.26 Å². The van der Waals surface area contributed by atoms with E-state index in [0.717, 1.165) is 57.5 Å². The lowest BCUT2D eigenvalue weighted by Crippen LogP contribution is -2.49. The highest BCUT2D eigenvalue weighted by atomic mass is 33.1. The third-order valence-electron chi connectivity index (χ3n) is 13.3. The molecule has 5 aromatic rings. The average molecular weight is 1310 g/mol. The van der Waals surface area contributed by atoms with Crippen LogP contribution in [0.4, 0.5) is 19.3 Å². The number of hydrogen-bond donors (Lipinski definition) is 5. The number of hydrogen-bond acceptors (Lipinski definition) is 23. The average Bonchev–Trinajstić information content (AvgIpc) is 1.51. The van der Waals surface area contributed by atoms with Gasteiger partial charge in [0.15, 0.2) is 0 Å². The van der Waals surface area contributed by atoms with E-state index in [-0.39, 0.29) is 69.4 Å². The normalized spacial score (nSPS) is 13.7. The van der Waals surface area contributed by atoms with Crippen molar-refractivity contribution >= 4 is 73.9 Å². The van der Waals surface area contributed by atoms with Crippen LogP contribution >= 0.6 is 21.6 Å². The lowest BCUT2D eigenvalue weighted by Gasteiger charge is -2.19. The first kappa shape index (κ1) is 72.2. The number of likely N-dealkylation sites (tertiary alicyclic amines) is 1. The molecule has 91 heavy (non-hydrogen) atoms. The number of anilines is 1. The monoisotopic (exact) mass is 1310 g/mol. The highest BCUT2D eigenvalue weighted by Crippen LogP contribution is 2.34. The molecule has 6 rings (SSSR count). The summed E-state index contributed by atoms with van der Waals surface area (Å²) < 4.78 is 76.6. The molecule has 2 atom stereocenters. The zero-order chi connectivity index (χ0) is 65.1. The number of rotatable bonds is 42. The molecular formula is C61H77F2N11O15S2. The summed E-state index contributed by atoms with van der Waals surface area (Å²) in [5, 5.41) is 20.5. The van der Waals surface area contributed by atoms with E-state index in [1.54, 1.807) is 36.8 Å². The van der Waals surface area contributed by atoms with Crippen molar-refractivity contribution in [3.63, 3.8) is 0 Å². The summed E-state index contributed by atoms with van der Waals surface area (Å²) in [4.78, 5) is 95.6. The van der Waals surface area contributed by atoms with Crippen LogP contribution in [0.1, 0.15) is 60.8 Å². The Kier molecular flexibility index (Phi) is 31.8. The van der Waals surface area contributed by atoms with Gasteiger partial charge < -0.3 is 74.5 Å². The maximum atomic E-state index is 13.8. The van der Waals surface area contributed by atoms with Gasteiger partial charge in [0.1, 0.15) is 25.3 Å². The maximum absolute atomic E-state index is 13.8. The molecule has 4 aromatic heterocycles. The Morgan fingerprint density at radius 1 is 0.725 bits per heavy atom. The van der Waals surface area contributed by atoms with Crippen molar-refractivity contribution in [3.05, 3.63) is 96.3 Å². The van der Waals surface area contributed by atoms with E-state index in [4.69, 9.17) is 48.4 Å². The number of amides is 5. The van der Waals surface area contributed by atoms with Crippen LogP contribution in [0.3, 0.4) is 0 Å². The minimum atomic E-state index is -3.21. The Balaban J connectivity index is 0.889. The molecule has 26 nitrogen and oxygen atoms in total. The van der Waals surface area contributed by atoms with Crippen molar-refractivity contribution in [2.45, 2.75) is 70.2 Å². The molecule has 0 saturated carbocycles. The molecule has 1 unspecified atom stereocenters. The van der Waals surface area contributed by atoms with Gasteiger partial charge in [0, 0.05) is 90.8 Å². The predicted molar refractivity (Wildman–Crippen MR) is 333 cm³/mol. The largest absolute Gasteiger partial charge is 0.508 e. The van der Waals surface area contributed by atoms with Gasteiger partial charge in [-0.3, -0.25) is 38.9 Å². The molecule has 30 heteroatoms. The van der Waals surface area contributed by atoms with E-state index < -0.39 is 73.2 Å². The third kappa shape index (κ3) is 26.1. The molecule has 0 aliphatic carbocycles. The summed E-state index contributed by atoms with van der Waals surface area (Å²) in [6, 6.07) is 15.2. The Hall–Kier alpha value is -7.89. The quantitative estimate of drug-likeness (QED) is 0.0184. The first-order valence-electron chi connectivity index (χ1n) is 29.4. The molecule has 1 aliphatic rings. The molecule has 5 amide bonds. The molecular weight excluding hydrogens is 1230 g/mol. The Labute approximate surface area is 533 Å². The van der Waals surface area contributed by atoms with E-state index in [9.17, 15) is 42.8 Å². The zero-order valence-electron chi connectivity index (χ0n) is 50.8. The number of methoxy groups -OCH3 is 1. The number of nitriles is 1. The Morgan fingerprint density at radius 2 is 1.40 bits per heavy atom. The van der Waals surface area contributed by atoms with Gasteiger partial charge in [-0.1, -0.05) is 47.1 Å². The number of benzene rings is 1. The maximum Gasteiger partial charge on any atom is 0.508 e. The highest BCUT2D eigenvalue weighted by molar-refractivity contribution is 8.76. The number of halogens is 2. The van der Waals surface area contributed by atoms with Crippen LogP contribution in [0.2, 0.25) is 0 Å². The summed E-state index contributed by atoms with van der Waals surface area (Å²) in [5.41, 5.74) is 11.5. The number of nitrogens with one attached hydrogen (secondary N) is 4. The van der Waals surface area contributed by atoms with Gasteiger partial charge in [0.25, 0.3) is 11.8 Å². The smallest absolute Gasteiger partial charge is 0.480 e. The third-order valence-corrected chi connectivity index (χ3v) is 15.7. The van der Waals surface area contributed by atoms with Crippen LogP contribution < -0.4 is 31.7 Å². The number of carbonyl (C=O) groups is 6. The molecule has 0 bridgehead atoms. The first-order chi connectivity index (χ1) is 44.2. The van der Waals surface area contributed by atoms with Crippen LogP contribution in [0.5, 0.6) is 5.88 Å².